The van der Waals surface area contributed by atoms with Crippen LogP contribution < -0.4 is 4.90 Å². The fraction of sp³-hybridized carbons (Fsp3) is 0.625. The highest BCUT2D eigenvalue weighted by Gasteiger charge is 2.28. The molecular formula is C8H11ClN2S. The van der Waals surface area contributed by atoms with E-state index in [1.54, 1.807) is 17.5 Å². The molecule has 1 fully saturated rings. The van der Waals surface area contributed by atoms with Gasteiger partial charge in [0.2, 0.25) is 0 Å². The lowest BCUT2D eigenvalue weighted by atomic mass is 10.0. The SMILES string of the molecule is CCC1CCN1c1ncc(Cl)s1. The summed E-state index contributed by atoms with van der Waals surface area (Å²) in [5.74, 6) is 0. The summed E-state index contributed by atoms with van der Waals surface area (Å²) in [5, 5.41) is 1.08. The van der Waals surface area contributed by atoms with Gasteiger partial charge in [0.1, 0.15) is 4.34 Å². The van der Waals surface area contributed by atoms with E-state index in [4.69, 9.17) is 11.6 Å². The van der Waals surface area contributed by atoms with Gasteiger partial charge in [0.25, 0.3) is 0 Å². The number of anilines is 1. The highest BCUT2D eigenvalue weighted by atomic mass is 35.5. The quantitative estimate of drug-likeness (QED) is 0.733. The second-order valence-corrected chi connectivity index (χ2v) is 4.63. The molecule has 1 aromatic heterocycles. The van der Waals surface area contributed by atoms with Crippen LogP contribution in [-0.4, -0.2) is 17.6 Å². The van der Waals surface area contributed by atoms with Gasteiger partial charge in [-0.05, 0) is 12.8 Å². The molecule has 2 rings (SSSR count). The lowest BCUT2D eigenvalue weighted by molar-refractivity contribution is 0.436. The molecule has 1 aromatic rings. The number of halogens is 1. The summed E-state index contributed by atoms with van der Waals surface area (Å²) in [6.45, 7) is 3.36. The van der Waals surface area contributed by atoms with Gasteiger partial charge in [-0.25, -0.2) is 4.98 Å². The van der Waals surface area contributed by atoms with Crippen molar-refractivity contribution in [3.8, 4) is 0 Å². The summed E-state index contributed by atoms with van der Waals surface area (Å²) in [7, 11) is 0. The minimum Gasteiger partial charge on any atom is -0.345 e. The Morgan fingerprint density at radius 3 is 3.08 bits per heavy atom. The van der Waals surface area contributed by atoms with Gasteiger partial charge in [0.05, 0.1) is 6.20 Å². The van der Waals surface area contributed by atoms with Crippen molar-refractivity contribution >= 4 is 28.1 Å². The van der Waals surface area contributed by atoms with Crippen LogP contribution >= 0.6 is 22.9 Å². The third kappa shape index (κ3) is 1.31. The van der Waals surface area contributed by atoms with E-state index in [1.165, 1.54) is 12.8 Å². The molecule has 0 aliphatic carbocycles. The lowest BCUT2D eigenvalue weighted by Crippen LogP contribution is -2.47. The van der Waals surface area contributed by atoms with Gasteiger partial charge in [-0.15, -0.1) is 0 Å². The molecule has 4 heteroatoms. The smallest absolute Gasteiger partial charge is 0.186 e. The second kappa shape index (κ2) is 3.23. The van der Waals surface area contributed by atoms with Crippen molar-refractivity contribution in [2.75, 3.05) is 11.4 Å². The molecule has 2 nitrogen and oxygen atoms in total. The molecule has 0 spiro atoms. The topological polar surface area (TPSA) is 16.1 Å². The molecular weight excluding hydrogens is 192 g/mol. The van der Waals surface area contributed by atoms with Crippen LogP contribution in [0.2, 0.25) is 4.34 Å². The predicted molar refractivity (Wildman–Crippen MR) is 53.2 cm³/mol. The minimum atomic E-state index is 0.701. The molecule has 1 atom stereocenters. The zero-order valence-corrected chi connectivity index (χ0v) is 8.53. The van der Waals surface area contributed by atoms with Gasteiger partial charge in [-0.3, -0.25) is 0 Å². The van der Waals surface area contributed by atoms with Crippen LogP contribution in [0.4, 0.5) is 5.13 Å². The average molecular weight is 203 g/mol. The molecule has 0 radical (unpaired) electrons. The van der Waals surface area contributed by atoms with E-state index in [2.05, 4.69) is 16.8 Å². The molecule has 1 saturated heterocycles. The van der Waals surface area contributed by atoms with E-state index < -0.39 is 0 Å². The first-order chi connectivity index (χ1) is 5.81. The lowest BCUT2D eigenvalue weighted by Gasteiger charge is -2.40. The Labute approximate surface area is 81.2 Å². The maximum atomic E-state index is 5.81. The van der Waals surface area contributed by atoms with Gasteiger partial charge in [-0.2, -0.15) is 0 Å². The third-order valence-corrected chi connectivity index (χ3v) is 3.48. The first kappa shape index (κ1) is 8.32. The number of rotatable bonds is 2. The zero-order chi connectivity index (χ0) is 8.55. The van der Waals surface area contributed by atoms with Crippen molar-refractivity contribution < 1.29 is 0 Å². The highest BCUT2D eigenvalue weighted by Crippen LogP contribution is 2.33. The zero-order valence-electron chi connectivity index (χ0n) is 6.96. The number of hydrogen-bond donors (Lipinski definition) is 0. The van der Waals surface area contributed by atoms with E-state index in [9.17, 15) is 0 Å². The number of hydrogen-bond acceptors (Lipinski definition) is 3. The molecule has 0 N–H and O–H groups in total. The number of nitrogens with zero attached hydrogens (tertiary/aromatic N) is 2. The first-order valence-corrected chi connectivity index (χ1v) is 5.38. The van der Waals surface area contributed by atoms with Crippen LogP contribution in [0.3, 0.4) is 0 Å². The molecule has 66 valence electrons. The first-order valence-electron chi connectivity index (χ1n) is 4.19. The Balaban J connectivity index is 2.10. The van der Waals surface area contributed by atoms with Gasteiger partial charge < -0.3 is 4.90 Å². The van der Waals surface area contributed by atoms with E-state index in [0.717, 1.165) is 16.0 Å². The molecule has 1 unspecified atom stereocenters. The molecule has 0 bridgehead atoms. The fourth-order valence-electron chi connectivity index (χ4n) is 1.50. The van der Waals surface area contributed by atoms with Crippen molar-refractivity contribution in [3.63, 3.8) is 0 Å². The highest BCUT2D eigenvalue weighted by molar-refractivity contribution is 7.19. The minimum absolute atomic E-state index is 0.701. The van der Waals surface area contributed by atoms with E-state index in [1.807, 2.05) is 0 Å². The van der Waals surface area contributed by atoms with Gasteiger partial charge in [-0.1, -0.05) is 29.9 Å². The average Bonchev–Trinajstić information content (AvgIpc) is 2.35. The molecule has 0 saturated carbocycles. The Bertz CT molecular complexity index is 272. The van der Waals surface area contributed by atoms with Crippen LogP contribution in [0.5, 0.6) is 0 Å². The Hall–Kier alpha value is -0.280. The monoisotopic (exact) mass is 202 g/mol. The second-order valence-electron chi connectivity index (χ2n) is 2.99. The van der Waals surface area contributed by atoms with Crippen LogP contribution in [0.1, 0.15) is 19.8 Å². The van der Waals surface area contributed by atoms with E-state index >= 15 is 0 Å². The molecule has 0 amide bonds. The van der Waals surface area contributed by atoms with Crippen LogP contribution in [0.15, 0.2) is 6.20 Å². The number of aromatic nitrogens is 1. The summed E-state index contributed by atoms with van der Waals surface area (Å²) in [6, 6.07) is 0.701. The Morgan fingerprint density at radius 1 is 1.83 bits per heavy atom. The van der Waals surface area contributed by atoms with Gasteiger partial charge >= 0.3 is 0 Å². The van der Waals surface area contributed by atoms with E-state index in [0.29, 0.717) is 6.04 Å². The Morgan fingerprint density at radius 2 is 2.67 bits per heavy atom. The van der Waals surface area contributed by atoms with Crippen molar-refractivity contribution in [2.45, 2.75) is 25.8 Å². The fourth-order valence-corrected chi connectivity index (χ4v) is 2.49. The molecule has 0 aromatic carbocycles. The van der Waals surface area contributed by atoms with Crippen LogP contribution in [-0.2, 0) is 0 Å². The summed E-state index contributed by atoms with van der Waals surface area (Å²) in [4.78, 5) is 6.58. The molecule has 12 heavy (non-hydrogen) atoms. The predicted octanol–water partition coefficient (Wildman–Crippen LogP) is 2.79. The van der Waals surface area contributed by atoms with Crippen molar-refractivity contribution in [1.29, 1.82) is 0 Å². The Kier molecular flexibility index (Phi) is 2.24. The summed E-state index contributed by atoms with van der Waals surface area (Å²) in [6.07, 6.45) is 4.23. The summed E-state index contributed by atoms with van der Waals surface area (Å²) in [5.41, 5.74) is 0. The molecule has 1 aliphatic heterocycles. The normalized spacial score (nSPS) is 22.5. The number of thiazole rings is 1. The molecule has 1 aliphatic rings. The molecule has 2 heterocycles. The van der Waals surface area contributed by atoms with Crippen molar-refractivity contribution in [1.82, 2.24) is 4.98 Å². The summed E-state index contributed by atoms with van der Waals surface area (Å²) >= 11 is 7.38. The largest absolute Gasteiger partial charge is 0.345 e. The van der Waals surface area contributed by atoms with Crippen LogP contribution in [0.25, 0.3) is 0 Å². The van der Waals surface area contributed by atoms with Crippen molar-refractivity contribution in [3.05, 3.63) is 10.5 Å². The standard InChI is InChI=1S/C8H11ClN2S/c1-2-6-3-4-11(6)8-10-5-7(9)12-8/h5-6H,2-4H2,1H3. The maximum absolute atomic E-state index is 5.81. The van der Waals surface area contributed by atoms with E-state index in [-0.39, 0.29) is 0 Å². The maximum Gasteiger partial charge on any atom is 0.186 e. The third-order valence-electron chi connectivity index (χ3n) is 2.33. The van der Waals surface area contributed by atoms with Crippen molar-refractivity contribution in [2.24, 2.45) is 0 Å². The summed E-state index contributed by atoms with van der Waals surface area (Å²) < 4.78 is 0.784. The van der Waals surface area contributed by atoms with Crippen LogP contribution in [0, 0.1) is 0 Å². The van der Waals surface area contributed by atoms with Gasteiger partial charge in [0, 0.05) is 12.6 Å². The van der Waals surface area contributed by atoms with Gasteiger partial charge in [0.15, 0.2) is 5.13 Å².